The molecule has 21 heavy (non-hydrogen) atoms. The van der Waals surface area contributed by atoms with Crippen LogP contribution in [0.3, 0.4) is 0 Å². The van der Waals surface area contributed by atoms with E-state index in [1.54, 1.807) is 31.1 Å². The van der Waals surface area contributed by atoms with Crippen molar-refractivity contribution in [1.82, 2.24) is 9.80 Å². The van der Waals surface area contributed by atoms with Gasteiger partial charge in [-0.3, -0.25) is 0 Å². The van der Waals surface area contributed by atoms with Crippen molar-refractivity contribution < 1.29 is 9.18 Å². The molecular formula is C14H20AsClFN3O. The summed E-state index contributed by atoms with van der Waals surface area (Å²) in [6.07, 6.45) is 1.56. The Morgan fingerprint density at radius 3 is 2.57 bits per heavy atom. The molecule has 1 saturated heterocycles. The van der Waals surface area contributed by atoms with Gasteiger partial charge in [0.05, 0.1) is 0 Å². The van der Waals surface area contributed by atoms with Gasteiger partial charge in [0.2, 0.25) is 0 Å². The van der Waals surface area contributed by atoms with Crippen LogP contribution in [-0.4, -0.2) is 63.1 Å². The zero-order valence-corrected chi connectivity index (χ0v) is 15.1. The Morgan fingerprint density at radius 2 is 2.05 bits per heavy atom. The summed E-state index contributed by atoms with van der Waals surface area (Å²) in [4.78, 5) is 15.3. The molecule has 1 aliphatic heterocycles. The van der Waals surface area contributed by atoms with Crippen LogP contribution in [0.25, 0.3) is 0 Å². The van der Waals surface area contributed by atoms with Crippen LogP contribution in [0.5, 0.6) is 0 Å². The normalized spacial score (nSPS) is 18.2. The first-order chi connectivity index (χ1) is 9.81. The van der Waals surface area contributed by atoms with Crippen LogP contribution in [0.2, 0.25) is 5.02 Å². The maximum atomic E-state index is 13.2. The monoisotopic (exact) mass is 375 g/mol. The van der Waals surface area contributed by atoms with Gasteiger partial charge < -0.3 is 0 Å². The fourth-order valence-corrected chi connectivity index (χ4v) is 5.74. The van der Waals surface area contributed by atoms with Crippen molar-refractivity contribution in [2.75, 3.05) is 27.2 Å². The Hall–Kier alpha value is -0.772. The molecule has 1 unspecified atom stereocenters. The molecule has 4 nitrogen and oxygen atoms in total. The molecule has 1 aliphatic rings. The van der Waals surface area contributed by atoms with Crippen LogP contribution in [0.4, 0.5) is 9.18 Å². The number of carbonyl (C=O) groups excluding carboxylic acids is 1. The summed E-state index contributed by atoms with van der Waals surface area (Å²) in [5.74, 6) is -0.399. The minimum atomic E-state index is -0.641. The number of halogens is 2. The first kappa shape index (κ1) is 16.6. The van der Waals surface area contributed by atoms with E-state index in [2.05, 4.69) is 0 Å². The minimum absolute atomic E-state index is 0.0295. The molecule has 1 aromatic carbocycles. The van der Waals surface area contributed by atoms with Crippen LogP contribution >= 0.6 is 11.6 Å². The Kier molecular flexibility index (Phi) is 5.18. The fraction of sp³-hybridized carbons (Fsp3) is 0.500. The number of nitrogens with zero attached hydrogens (tertiary/aromatic N) is 2. The van der Waals surface area contributed by atoms with Gasteiger partial charge in [0.1, 0.15) is 0 Å². The van der Waals surface area contributed by atoms with Crippen molar-refractivity contribution in [1.29, 1.82) is 0 Å². The Balaban J connectivity index is 1.98. The Bertz CT molecular complexity index is 533. The van der Waals surface area contributed by atoms with E-state index in [1.165, 1.54) is 6.07 Å². The van der Waals surface area contributed by atoms with E-state index in [0.29, 0.717) is 13.1 Å². The number of nitrogens with two attached hydrogens (primary N) is 1. The van der Waals surface area contributed by atoms with Crippen molar-refractivity contribution in [3.8, 4) is 0 Å². The van der Waals surface area contributed by atoms with E-state index in [1.807, 2.05) is 4.90 Å². The number of amides is 2. The van der Waals surface area contributed by atoms with Gasteiger partial charge in [-0.05, 0) is 0 Å². The zero-order chi connectivity index (χ0) is 15.6. The van der Waals surface area contributed by atoms with Crippen LogP contribution in [0.1, 0.15) is 12.8 Å². The molecule has 0 aliphatic carbocycles. The van der Waals surface area contributed by atoms with E-state index >= 15 is 0 Å². The molecule has 2 rings (SSSR count). The first-order valence-corrected chi connectivity index (χ1v) is 9.27. The summed E-state index contributed by atoms with van der Waals surface area (Å²) in [5, 5.41) is 0.153. The molecule has 2 amide bonds. The van der Waals surface area contributed by atoms with Gasteiger partial charge in [0, 0.05) is 0 Å². The van der Waals surface area contributed by atoms with Gasteiger partial charge in [-0.1, -0.05) is 0 Å². The topological polar surface area (TPSA) is 49.6 Å². The molecule has 1 fully saturated rings. The Labute approximate surface area is 136 Å². The number of likely N-dealkylation sites (tertiary alicyclic amines) is 1. The van der Waals surface area contributed by atoms with Gasteiger partial charge >= 0.3 is 136 Å². The summed E-state index contributed by atoms with van der Waals surface area (Å²) in [6.45, 7) is 1.35. The maximum absolute atomic E-state index is 13.2. The molecule has 0 saturated carbocycles. The third kappa shape index (κ3) is 4.12. The second-order valence-corrected chi connectivity index (χ2v) is 9.81. The van der Waals surface area contributed by atoms with E-state index < -0.39 is 21.6 Å². The quantitative estimate of drug-likeness (QED) is 0.783. The number of urea groups is 1. The standard InChI is InChI=1S/C14H20AsClFN3O/c1-19(2)13(21)20-7-5-14(18,6-8-20)15-10-3-4-12(17)11(16)9-10/h3-4,9,15H,5-8,18H2,1-2H3. The van der Waals surface area contributed by atoms with Crippen LogP contribution in [0, 0.1) is 5.82 Å². The summed E-state index contributed by atoms with van der Waals surface area (Å²) in [7, 11) is 3.50. The van der Waals surface area contributed by atoms with Gasteiger partial charge in [0.25, 0.3) is 0 Å². The zero-order valence-electron chi connectivity index (χ0n) is 12.2. The summed E-state index contributed by atoms with van der Waals surface area (Å²) in [6, 6.07) is 4.88. The van der Waals surface area contributed by atoms with E-state index in [-0.39, 0.29) is 15.4 Å². The van der Waals surface area contributed by atoms with Crippen LogP contribution in [-0.2, 0) is 0 Å². The molecule has 0 radical (unpaired) electrons. The average molecular weight is 376 g/mol. The molecule has 1 aromatic rings. The Morgan fingerprint density at radius 1 is 1.43 bits per heavy atom. The van der Waals surface area contributed by atoms with Gasteiger partial charge in [0.15, 0.2) is 0 Å². The third-order valence-corrected chi connectivity index (χ3v) is 7.26. The molecule has 1 atom stereocenters. The van der Waals surface area contributed by atoms with Crippen molar-refractivity contribution in [2.24, 2.45) is 5.73 Å². The van der Waals surface area contributed by atoms with Crippen LogP contribution in [0.15, 0.2) is 18.2 Å². The number of rotatable bonds is 2. The van der Waals surface area contributed by atoms with Gasteiger partial charge in [-0.25, -0.2) is 0 Å². The molecule has 0 spiro atoms. The summed E-state index contributed by atoms with van der Waals surface area (Å²) in [5.41, 5.74) is 6.48. The number of hydrogen-bond acceptors (Lipinski definition) is 2. The summed E-state index contributed by atoms with van der Waals surface area (Å²) < 4.78 is 14.0. The second-order valence-electron chi connectivity index (χ2n) is 5.57. The fourth-order valence-electron chi connectivity index (χ4n) is 2.37. The summed E-state index contributed by atoms with van der Waals surface area (Å²) >= 11 is 5.18. The average Bonchev–Trinajstić information content (AvgIpc) is 2.43. The second kappa shape index (κ2) is 6.55. The number of carbonyl (C=O) groups is 1. The van der Waals surface area contributed by atoms with Crippen LogP contribution < -0.4 is 10.1 Å². The number of hydrogen-bond donors (Lipinski definition) is 1. The third-order valence-electron chi connectivity index (χ3n) is 3.62. The molecule has 0 bridgehead atoms. The first-order valence-electron chi connectivity index (χ1n) is 6.79. The number of benzene rings is 1. The molecular weight excluding hydrogens is 356 g/mol. The van der Waals surface area contributed by atoms with Crippen molar-refractivity contribution in [3.63, 3.8) is 0 Å². The van der Waals surface area contributed by atoms with Crippen molar-refractivity contribution >= 4 is 37.7 Å². The SMILES string of the molecule is CN(C)C(=O)N1CCC(N)([AsH]c2ccc(F)c(Cl)c2)CC1. The van der Waals surface area contributed by atoms with Gasteiger partial charge in [-0.2, -0.15) is 0 Å². The molecule has 2 N–H and O–H groups in total. The predicted molar refractivity (Wildman–Crippen MR) is 85.0 cm³/mol. The molecule has 0 aromatic heterocycles. The van der Waals surface area contributed by atoms with E-state index in [9.17, 15) is 9.18 Å². The van der Waals surface area contributed by atoms with E-state index in [4.69, 9.17) is 17.3 Å². The van der Waals surface area contributed by atoms with Crippen molar-refractivity contribution in [2.45, 2.75) is 17.2 Å². The van der Waals surface area contributed by atoms with Crippen molar-refractivity contribution in [3.05, 3.63) is 29.0 Å². The molecule has 116 valence electrons. The molecule has 1 heterocycles. The predicted octanol–water partition coefficient (Wildman–Crippen LogP) is 0.973. The number of piperidine rings is 1. The van der Waals surface area contributed by atoms with E-state index in [0.717, 1.165) is 17.2 Å². The molecule has 7 heteroatoms. The van der Waals surface area contributed by atoms with Gasteiger partial charge in [-0.15, -0.1) is 0 Å².